The minimum atomic E-state index is -0.411. The van der Waals surface area contributed by atoms with Crippen molar-refractivity contribution in [3.8, 4) is 0 Å². The van der Waals surface area contributed by atoms with E-state index in [2.05, 4.69) is 10.4 Å². The molecule has 94 valence electrons. The summed E-state index contributed by atoms with van der Waals surface area (Å²) >= 11 is 0. The van der Waals surface area contributed by atoms with Crippen molar-refractivity contribution in [1.82, 2.24) is 9.78 Å². The van der Waals surface area contributed by atoms with Gasteiger partial charge in [-0.05, 0) is 30.7 Å². The van der Waals surface area contributed by atoms with Gasteiger partial charge < -0.3 is 11.1 Å². The van der Waals surface area contributed by atoms with Gasteiger partial charge in [-0.3, -0.25) is 9.48 Å². The molecule has 1 heterocycles. The molecule has 0 radical (unpaired) electrons. The number of carbonyl (C=O) groups is 1. The van der Waals surface area contributed by atoms with Crippen molar-refractivity contribution in [2.24, 2.45) is 7.05 Å². The summed E-state index contributed by atoms with van der Waals surface area (Å²) < 4.78 is 14.6. The Balaban J connectivity index is 2.24. The molecule has 5 nitrogen and oxygen atoms in total. The summed E-state index contributed by atoms with van der Waals surface area (Å²) in [5, 5.41) is 6.45. The van der Waals surface area contributed by atoms with Gasteiger partial charge in [-0.1, -0.05) is 0 Å². The van der Waals surface area contributed by atoms with Gasteiger partial charge in [-0.2, -0.15) is 5.10 Å². The summed E-state index contributed by atoms with van der Waals surface area (Å²) in [6.07, 6.45) is 1.37. The maximum absolute atomic E-state index is 13.2. The molecule has 2 aromatic rings. The van der Waals surface area contributed by atoms with Gasteiger partial charge in [0.1, 0.15) is 17.2 Å². The van der Waals surface area contributed by atoms with Crippen LogP contribution in [0, 0.1) is 12.7 Å². The maximum atomic E-state index is 13.2. The third-order valence-electron chi connectivity index (χ3n) is 2.53. The molecule has 3 N–H and O–H groups in total. The first-order chi connectivity index (χ1) is 8.47. The van der Waals surface area contributed by atoms with Gasteiger partial charge in [-0.15, -0.1) is 0 Å². The summed E-state index contributed by atoms with van der Waals surface area (Å²) in [6, 6.07) is 4.30. The molecule has 1 aromatic carbocycles. The van der Waals surface area contributed by atoms with E-state index in [1.165, 1.54) is 23.0 Å². The first-order valence-electron chi connectivity index (χ1n) is 5.33. The van der Waals surface area contributed by atoms with Gasteiger partial charge in [0.2, 0.25) is 0 Å². The molecule has 0 aliphatic rings. The molecule has 0 saturated heterocycles. The second-order valence-corrected chi connectivity index (χ2v) is 4.04. The third kappa shape index (κ3) is 2.32. The van der Waals surface area contributed by atoms with Crippen LogP contribution < -0.4 is 11.1 Å². The number of nitrogens with two attached hydrogens (primary N) is 1. The lowest BCUT2D eigenvalue weighted by atomic mass is 10.2. The van der Waals surface area contributed by atoms with Gasteiger partial charge in [0.05, 0.1) is 6.20 Å². The summed E-state index contributed by atoms with van der Waals surface area (Å²) in [4.78, 5) is 11.9. The van der Waals surface area contributed by atoms with Crippen LogP contribution in [0.3, 0.4) is 0 Å². The summed E-state index contributed by atoms with van der Waals surface area (Å²) in [6.45, 7) is 1.75. The van der Waals surface area contributed by atoms with Crippen LogP contribution in [0.2, 0.25) is 0 Å². The van der Waals surface area contributed by atoms with E-state index < -0.39 is 11.7 Å². The molecule has 0 spiro atoms. The molecule has 1 amide bonds. The normalized spacial score (nSPS) is 10.4. The highest BCUT2D eigenvalue weighted by Crippen LogP contribution is 2.16. The summed E-state index contributed by atoms with van der Waals surface area (Å²) in [5.41, 5.74) is 7.06. The van der Waals surface area contributed by atoms with E-state index in [9.17, 15) is 9.18 Å². The van der Waals surface area contributed by atoms with E-state index in [4.69, 9.17) is 5.73 Å². The predicted octanol–water partition coefficient (Wildman–Crippen LogP) is 1.70. The number of hydrogen-bond acceptors (Lipinski definition) is 3. The van der Waals surface area contributed by atoms with Crippen LogP contribution in [-0.4, -0.2) is 15.7 Å². The number of anilines is 2. The van der Waals surface area contributed by atoms with Crippen molar-refractivity contribution in [2.75, 3.05) is 11.1 Å². The molecule has 0 aliphatic heterocycles. The van der Waals surface area contributed by atoms with Crippen molar-refractivity contribution in [3.05, 3.63) is 41.3 Å². The Bertz CT molecular complexity index is 586. The average molecular weight is 248 g/mol. The number of nitrogens with zero attached hydrogens (tertiary/aromatic N) is 2. The molecule has 1 aromatic heterocycles. The largest absolute Gasteiger partial charge is 0.383 e. The van der Waals surface area contributed by atoms with Gasteiger partial charge in [-0.25, -0.2) is 4.39 Å². The zero-order valence-corrected chi connectivity index (χ0v) is 10.1. The number of rotatable bonds is 2. The fraction of sp³-hybridized carbons (Fsp3) is 0.167. The van der Waals surface area contributed by atoms with E-state index in [1.54, 1.807) is 20.0 Å². The Morgan fingerprint density at radius 1 is 1.44 bits per heavy atom. The smallest absolute Gasteiger partial charge is 0.261 e. The molecule has 0 fully saturated rings. The maximum Gasteiger partial charge on any atom is 0.261 e. The van der Waals surface area contributed by atoms with E-state index in [0.29, 0.717) is 5.69 Å². The minimum absolute atomic E-state index is 0.263. The van der Waals surface area contributed by atoms with Crippen LogP contribution in [0.5, 0.6) is 0 Å². The number of nitrogen functional groups attached to an aromatic ring is 1. The number of aryl methyl sites for hydroxylation is 2. The van der Waals surface area contributed by atoms with Crippen LogP contribution in [0.25, 0.3) is 0 Å². The Morgan fingerprint density at radius 2 is 2.17 bits per heavy atom. The van der Waals surface area contributed by atoms with Crippen molar-refractivity contribution in [2.45, 2.75) is 6.92 Å². The van der Waals surface area contributed by atoms with E-state index >= 15 is 0 Å². The first-order valence-corrected chi connectivity index (χ1v) is 5.33. The molecule has 0 aliphatic carbocycles. The van der Waals surface area contributed by atoms with Crippen LogP contribution in [-0.2, 0) is 7.05 Å². The minimum Gasteiger partial charge on any atom is -0.383 e. The van der Waals surface area contributed by atoms with Crippen molar-refractivity contribution < 1.29 is 9.18 Å². The number of nitrogens with one attached hydrogen (secondary N) is 1. The lowest BCUT2D eigenvalue weighted by Crippen LogP contribution is -2.14. The standard InChI is InChI=1S/C12H13FN4O/c1-7-3-8(13)5-9(4-7)16-12(18)10-6-15-17(2)11(10)14/h3-6H,14H2,1-2H3,(H,16,18). The highest BCUT2D eigenvalue weighted by atomic mass is 19.1. The fourth-order valence-corrected chi connectivity index (χ4v) is 1.63. The molecule has 0 saturated carbocycles. The molecule has 6 heteroatoms. The van der Waals surface area contributed by atoms with E-state index in [1.807, 2.05) is 0 Å². The van der Waals surface area contributed by atoms with E-state index in [0.717, 1.165) is 5.56 Å². The Hall–Kier alpha value is -2.37. The zero-order valence-electron chi connectivity index (χ0n) is 10.1. The molecular formula is C12H13FN4O. The number of carbonyl (C=O) groups excluding carboxylic acids is 1. The van der Waals surface area contributed by atoms with Crippen molar-refractivity contribution in [3.63, 3.8) is 0 Å². The molecule has 0 atom stereocenters. The Labute approximate surface area is 103 Å². The average Bonchev–Trinajstić information content (AvgIpc) is 2.58. The van der Waals surface area contributed by atoms with E-state index in [-0.39, 0.29) is 11.4 Å². The number of benzene rings is 1. The SMILES string of the molecule is Cc1cc(F)cc(NC(=O)c2cnn(C)c2N)c1. The third-order valence-corrected chi connectivity index (χ3v) is 2.53. The fourth-order valence-electron chi connectivity index (χ4n) is 1.63. The summed E-state index contributed by atoms with van der Waals surface area (Å²) in [5.74, 6) is -0.546. The van der Waals surface area contributed by atoms with Gasteiger partial charge in [0.15, 0.2) is 0 Å². The quantitative estimate of drug-likeness (QED) is 0.849. The molecule has 0 bridgehead atoms. The van der Waals surface area contributed by atoms with Crippen LogP contribution in [0.1, 0.15) is 15.9 Å². The second-order valence-electron chi connectivity index (χ2n) is 4.04. The monoisotopic (exact) mass is 248 g/mol. The highest BCUT2D eigenvalue weighted by Gasteiger charge is 2.14. The lowest BCUT2D eigenvalue weighted by molar-refractivity contribution is 0.102. The first kappa shape index (κ1) is 12.1. The highest BCUT2D eigenvalue weighted by molar-refractivity contribution is 6.07. The molecule has 18 heavy (non-hydrogen) atoms. The van der Waals surface area contributed by atoms with Crippen LogP contribution in [0.15, 0.2) is 24.4 Å². The number of halogens is 1. The molecule has 0 unspecified atom stereocenters. The second kappa shape index (κ2) is 4.48. The number of hydrogen-bond donors (Lipinski definition) is 2. The molecular weight excluding hydrogens is 235 g/mol. The number of amides is 1. The topological polar surface area (TPSA) is 72.9 Å². The van der Waals surface area contributed by atoms with Gasteiger partial charge in [0, 0.05) is 12.7 Å². The zero-order chi connectivity index (χ0) is 13.3. The molecule has 2 rings (SSSR count). The van der Waals surface area contributed by atoms with Crippen molar-refractivity contribution in [1.29, 1.82) is 0 Å². The summed E-state index contributed by atoms with van der Waals surface area (Å²) in [7, 11) is 1.64. The van der Waals surface area contributed by atoms with Gasteiger partial charge >= 0.3 is 0 Å². The number of aromatic nitrogens is 2. The lowest BCUT2D eigenvalue weighted by Gasteiger charge is -2.06. The Kier molecular flexibility index (Phi) is 3.01. The Morgan fingerprint density at radius 3 is 2.72 bits per heavy atom. The predicted molar refractivity (Wildman–Crippen MR) is 66.7 cm³/mol. The van der Waals surface area contributed by atoms with Crippen molar-refractivity contribution >= 4 is 17.4 Å². The van der Waals surface area contributed by atoms with Crippen LogP contribution in [0.4, 0.5) is 15.9 Å². The van der Waals surface area contributed by atoms with Gasteiger partial charge in [0.25, 0.3) is 5.91 Å². The van der Waals surface area contributed by atoms with Crippen LogP contribution >= 0.6 is 0 Å².